The molecule has 3 heterocycles. The van der Waals surface area contributed by atoms with Gasteiger partial charge >= 0.3 is 6.18 Å². The number of hydrogen-bond donors (Lipinski definition) is 2. The normalized spacial score (nSPS) is 12.6. The standard InChI is InChI=1S/C28H23F3N6O2/c29-28(30,31)21-9-6-19(7-10-21)15-37-16-34-24-25(32-13-18-4-2-1-3-5-18)35-27(36-26(24)37)33-14-20-8-11-22-23(12-20)39-17-38-22/h1-12,16H,13-15,17H2,(H2,32,33,35,36). The molecule has 0 saturated carbocycles. The minimum absolute atomic E-state index is 0.200. The lowest BCUT2D eigenvalue weighted by molar-refractivity contribution is -0.137. The van der Waals surface area contributed by atoms with Crippen LogP contribution in [0.5, 0.6) is 11.5 Å². The van der Waals surface area contributed by atoms with Crippen LogP contribution in [-0.4, -0.2) is 26.3 Å². The molecule has 0 radical (unpaired) electrons. The summed E-state index contributed by atoms with van der Waals surface area (Å²) in [6.07, 6.45) is -2.77. The minimum atomic E-state index is -4.38. The Labute approximate surface area is 221 Å². The summed E-state index contributed by atoms with van der Waals surface area (Å²) < 4.78 is 51.6. The molecule has 5 aromatic rings. The maximum absolute atomic E-state index is 13.0. The molecule has 8 nitrogen and oxygen atoms in total. The van der Waals surface area contributed by atoms with E-state index in [4.69, 9.17) is 14.5 Å². The summed E-state index contributed by atoms with van der Waals surface area (Å²) in [5, 5.41) is 6.61. The quantitative estimate of drug-likeness (QED) is 0.259. The molecule has 0 amide bonds. The summed E-state index contributed by atoms with van der Waals surface area (Å²) in [4.78, 5) is 13.9. The zero-order chi connectivity index (χ0) is 26.8. The van der Waals surface area contributed by atoms with Crippen molar-refractivity contribution in [3.8, 4) is 11.5 Å². The lowest BCUT2D eigenvalue weighted by atomic mass is 10.1. The summed E-state index contributed by atoms with van der Waals surface area (Å²) in [5.41, 5.74) is 3.14. The van der Waals surface area contributed by atoms with Crippen molar-refractivity contribution < 1.29 is 22.6 Å². The Morgan fingerprint density at radius 2 is 1.54 bits per heavy atom. The third kappa shape index (κ3) is 5.42. The first-order valence-electron chi connectivity index (χ1n) is 12.2. The van der Waals surface area contributed by atoms with Crippen molar-refractivity contribution in [2.24, 2.45) is 0 Å². The first-order valence-corrected chi connectivity index (χ1v) is 12.2. The number of nitrogens with zero attached hydrogens (tertiary/aromatic N) is 4. The van der Waals surface area contributed by atoms with E-state index in [0.717, 1.165) is 23.3 Å². The molecule has 2 N–H and O–H groups in total. The summed E-state index contributed by atoms with van der Waals surface area (Å²) in [7, 11) is 0. The van der Waals surface area contributed by atoms with Crippen LogP contribution < -0.4 is 20.1 Å². The monoisotopic (exact) mass is 532 g/mol. The second-order valence-electron chi connectivity index (χ2n) is 9.02. The van der Waals surface area contributed by atoms with E-state index >= 15 is 0 Å². The molecule has 0 unspecified atom stereocenters. The predicted octanol–water partition coefficient (Wildman–Crippen LogP) is 5.85. The molecule has 2 aromatic heterocycles. The van der Waals surface area contributed by atoms with Gasteiger partial charge in [-0.2, -0.15) is 23.1 Å². The van der Waals surface area contributed by atoms with Crippen LogP contribution in [0.1, 0.15) is 22.3 Å². The van der Waals surface area contributed by atoms with Crippen molar-refractivity contribution in [1.82, 2.24) is 19.5 Å². The fraction of sp³-hybridized carbons (Fsp3) is 0.179. The van der Waals surface area contributed by atoms with Gasteiger partial charge in [0.25, 0.3) is 0 Å². The average molecular weight is 533 g/mol. The highest BCUT2D eigenvalue weighted by molar-refractivity contribution is 5.84. The summed E-state index contributed by atoms with van der Waals surface area (Å²) in [6, 6.07) is 20.7. The predicted molar refractivity (Wildman–Crippen MR) is 140 cm³/mol. The molecular weight excluding hydrogens is 509 g/mol. The highest BCUT2D eigenvalue weighted by atomic mass is 19.4. The summed E-state index contributed by atoms with van der Waals surface area (Å²) >= 11 is 0. The zero-order valence-electron chi connectivity index (χ0n) is 20.6. The molecule has 198 valence electrons. The van der Waals surface area contributed by atoms with Crippen LogP contribution in [-0.2, 0) is 25.8 Å². The maximum atomic E-state index is 13.0. The summed E-state index contributed by atoms with van der Waals surface area (Å²) in [5.74, 6) is 2.31. The Hall–Kier alpha value is -4.80. The molecule has 0 bridgehead atoms. The third-order valence-corrected chi connectivity index (χ3v) is 6.29. The molecule has 1 aliphatic heterocycles. The van der Waals surface area contributed by atoms with E-state index in [1.54, 1.807) is 10.9 Å². The van der Waals surface area contributed by atoms with Crippen molar-refractivity contribution >= 4 is 22.9 Å². The number of ether oxygens (including phenoxy) is 2. The van der Waals surface area contributed by atoms with E-state index in [1.165, 1.54) is 12.1 Å². The Balaban J connectivity index is 1.28. The number of aromatic nitrogens is 4. The first kappa shape index (κ1) is 24.5. The zero-order valence-corrected chi connectivity index (χ0v) is 20.6. The molecule has 0 spiro atoms. The maximum Gasteiger partial charge on any atom is 0.416 e. The van der Waals surface area contributed by atoms with Crippen LogP contribution in [0, 0.1) is 0 Å². The van der Waals surface area contributed by atoms with Gasteiger partial charge in [0.1, 0.15) is 0 Å². The highest BCUT2D eigenvalue weighted by Crippen LogP contribution is 2.33. The fourth-order valence-electron chi connectivity index (χ4n) is 4.27. The van der Waals surface area contributed by atoms with Crippen molar-refractivity contribution in [2.75, 3.05) is 17.4 Å². The number of anilines is 2. The Kier molecular flexibility index (Phi) is 6.39. The number of hydrogen-bond acceptors (Lipinski definition) is 7. The number of imidazole rings is 1. The molecule has 3 aromatic carbocycles. The number of halogens is 3. The molecule has 0 aliphatic carbocycles. The topological polar surface area (TPSA) is 86.1 Å². The van der Waals surface area contributed by atoms with Crippen LogP contribution in [0.2, 0.25) is 0 Å². The molecule has 0 fully saturated rings. The third-order valence-electron chi connectivity index (χ3n) is 6.29. The van der Waals surface area contributed by atoms with E-state index < -0.39 is 11.7 Å². The Morgan fingerprint density at radius 3 is 2.33 bits per heavy atom. The molecular formula is C28H23F3N6O2. The lowest BCUT2D eigenvalue weighted by Crippen LogP contribution is -2.09. The van der Waals surface area contributed by atoms with Gasteiger partial charge in [-0.3, -0.25) is 0 Å². The van der Waals surface area contributed by atoms with Gasteiger partial charge < -0.3 is 24.7 Å². The Morgan fingerprint density at radius 1 is 0.795 bits per heavy atom. The van der Waals surface area contributed by atoms with Gasteiger partial charge in [-0.15, -0.1) is 0 Å². The smallest absolute Gasteiger partial charge is 0.416 e. The minimum Gasteiger partial charge on any atom is -0.454 e. The second kappa shape index (κ2) is 10.2. The number of rotatable bonds is 8. The number of alkyl halides is 3. The van der Waals surface area contributed by atoms with E-state index in [9.17, 15) is 13.2 Å². The van der Waals surface area contributed by atoms with Gasteiger partial charge in [0.05, 0.1) is 18.4 Å². The molecule has 6 rings (SSSR count). The average Bonchev–Trinajstić information content (AvgIpc) is 3.58. The van der Waals surface area contributed by atoms with Crippen molar-refractivity contribution in [2.45, 2.75) is 25.8 Å². The highest BCUT2D eigenvalue weighted by Gasteiger charge is 2.30. The van der Waals surface area contributed by atoms with Crippen LogP contribution in [0.3, 0.4) is 0 Å². The SMILES string of the molecule is FC(F)(F)c1ccc(Cn2cnc3c(NCc4ccccc4)nc(NCc4ccc5c(c4)OCO5)nc32)cc1. The van der Waals surface area contributed by atoms with E-state index in [2.05, 4.69) is 20.6 Å². The van der Waals surface area contributed by atoms with E-state index in [0.29, 0.717) is 59.6 Å². The number of benzene rings is 3. The first-order chi connectivity index (χ1) is 18.9. The lowest BCUT2D eigenvalue weighted by Gasteiger charge is -2.12. The molecule has 1 aliphatic rings. The van der Waals surface area contributed by atoms with Crippen LogP contribution in [0.15, 0.2) is 79.1 Å². The summed E-state index contributed by atoms with van der Waals surface area (Å²) in [6.45, 7) is 1.46. The van der Waals surface area contributed by atoms with E-state index in [-0.39, 0.29) is 6.79 Å². The second-order valence-corrected chi connectivity index (χ2v) is 9.02. The number of nitrogens with one attached hydrogen (secondary N) is 2. The van der Waals surface area contributed by atoms with Crippen LogP contribution >= 0.6 is 0 Å². The van der Waals surface area contributed by atoms with Crippen molar-refractivity contribution in [1.29, 1.82) is 0 Å². The molecule has 0 atom stereocenters. The van der Waals surface area contributed by atoms with Gasteiger partial charge in [0, 0.05) is 13.1 Å². The van der Waals surface area contributed by atoms with Crippen LogP contribution in [0.25, 0.3) is 11.2 Å². The van der Waals surface area contributed by atoms with Gasteiger partial charge in [-0.05, 0) is 41.0 Å². The van der Waals surface area contributed by atoms with Crippen LogP contribution in [0.4, 0.5) is 24.9 Å². The fourth-order valence-corrected chi connectivity index (χ4v) is 4.27. The van der Waals surface area contributed by atoms with Gasteiger partial charge in [-0.1, -0.05) is 48.5 Å². The molecule has 0 saturated heterocycles. The van der Waals surface area contributed by atoms with E-state index in [1.807, 2.05) is 48.5 Å². The Bertz CT molecular complexity index is 1600. The van der Waals surface area contributed by atoms with Crippen molar-refractivity contribution in [3.05, 3.63) is 101 Å². The van der Waals surface area contributed by atoms with Gasteiger partial charge in [0.15, 0.2) is 28.5 Å². The largest absolute Gasteiger partial charge is 0.454 e. The van der Waals surface area contributed by atoms with Gasteiger partial charge in [0.2, 0.25) is 12.7 Å². The molecule has 11 heteroatoms. The van der Waals surface area contributed by atoms with Gasteiger partial charge in [-0.25, -0.2) is 4.98 Å². The molecule has 39 heavy (non-hydrogen) atoms. The van der Waals surface area contributed by atoms with Crippen molar-refractivity contribution in [3.63, 3.8) is 0 Å². The number of fused-ring (bicyclic) bond motifs is 2.